The normalized spacial score (nSPS) is 16.4. The molecule has 160 valence electrons. The average molecular weight is 513 g/mol. The van der Waals surface area contributed by atoms with Crippen LogP contribution < -0.4 is 10.6 Å². The first kappa shape index (κ1) is 23.6. The van der Waals surface area contributed by atoms with E-state index in [1.807, 2.05) is 16.9 Å². The molecule has 1 aromatic heterocycles. The van der Waals surface area contributed by atoms with E-state index < -0.39 is 0 Å². The molecule has 8 heteroatoms. The van der Waals surface area contributed by atoms with Gasteiger partial charge in [0.15, 0.2) is 5.96 Å². The number of guanidine groups is 1. The van der Waals surface area contributed by atoms with E-state index in [2.05, 4.69) is 45.0 Å². The van der Waals surface area contributed by atoms with E-state index in [-0.39, 0.29) is 24.0 Å². The summed E-state index contributed by atoms with van der Waals surface area (Å²) in [6.45, 7) is 4.00. The first-order chi connectivity index (χ1) is 13.8. The van der Waals surface area contributed by atoms with E-state index in [4.69, 9.17) is 9.47 Å². The van der Waals surface area contributed by atoms with Gasteiger partial charge >= 0.3 is 0 Å². The van der Waals surface area contributed by atoms with Crippen molar-refractivity contribution >= 4 is 29.9 Å². The predicted molar refractivity (Wildman–Crippen MR) is 126 cm³/mol. The Hall–Kier alpha value is -1.65. The van der Waals surface area contributed by atoms with E-state index in [1.165, 1.54) is 5.56 Å². The number of nitrogens with zero attached hydrogens (tertiary/aromatic N) is 3. The lowest BCUT2D eigenvalue weighted by Crippen LogP contribution is -2.39. The zero-order valence-electron chi connectivity index (χ0n) is 17.0. The second-order valence-corrected chi connectivity index (χ2v) is 6.86. The molecular weight excluding hydrogens is 481 g/mol. The second-order valence-electron chi connectivity index (χ2n) is 6.86. The van der Waals surface area contributed by atoms with Crippen molar-refractivity contribution in [3.63, 3.8) is 0 Å². The molecule has 1 saturated heterocycles. The fourth-order valence-electron chi connectivity index (χ4n) is 3.15. The van der Waals surface area contributed by atoms with Crippen LogP contribution in [0.5, 0.6) is 0 Å². The molecule has 0 saturated carbocycles. The maximum absolute atomic E-state index is 5.68. The zero-order chi connectivity index (χ0) is 19.4. The average Bonchev–Trinajstić information content (AvgIpc) is 3.44. The van der Waals surface area contributed by atoms with Crippen molar-refractivity contribution in [2.24, 2.45) is 4.99 Å². The quantitative estimate of drug-likeness (QED) is 0.221. The SMILES string of the molecule is CN=C(NCCCOCC1CCCO1)NCCc1ccc(-n2cccn2)cc1.I. The number of aromatic nitrogens is 2. The predicted octanol–water partition coefficient (Wildman–Crippen LogP) is 2.78. The lowest BCUT2D eigenvalue weighted by Gasteiger charge is -2.13. The topological polar surface area (TPSA) is 72.7 Å². The standard InChI is InChI=1S/C21H31N5O2.HI/c1-22-21(23-11-4-15-27-17-20-5-2-16-28-20)24-13-10-18-6-8-19(9-7-18)26-14-3-12-25-26;/h3,6-9,12,14,20H,2,4-5,10-11,13,15-17H2,1H3,(H2,22,23,24);1H. The lowest BCUT2D eigenvalue weighted by atomic mass is 10.1. The molecule has 1 aliphatic heterocycles. The summed E-state index contributed by atoms with van der Waals surface area (Å²) >= 11 is 0. The van der Waals surface area contributed by atoms with Crippen LogP contribution in [-0.4, -0.2) is 61.8 Å². The molecule has 1 aliphatic rings. The van der Waals surface area contributed by atoms with E-state index >= 15 is 0 Å². The third-order valence-corrected chi connectivity index (χ3v) is 4.72. The molecule has 3 rings (SSSR count). The Morgan fingerprint density at radius 3 is 2.79 bits per heavy atom. The largest absolute Gasteiger partial charge is 0.379 e. The molecule has 29 heavy (non-hydrogen) atoms. The van der Waals surface area contributed by atoms with Crippen molar-refractivity contribution in [1.29, 1.82) is 0 Å². The van der Waals surface area contributed by atoms with Crippen LogP contribution in [0.25, 0.3) is 5.69 Å². The first-order valence-corrected chi connectivity index (χ1v) is 10.1. The van der Waals surface area contributed by atoms with Gasteiger partial charge in [-0.25, -0.2) is 4.68 Å². The summed E-state index contributed by atoms with van der Waals surface area (Å²) in [5, 5.41) is 10.9. The van der Waals surface area contributed by atoms with E-state index in [0.717, 1.165) is 63.6 Å². The Kier molecular flexibility index (Phi) is 11.0. The highest BCUT2D eigenvalue weighted by Gasteiger charge is 2.14. The summed E-state index contributed by atoms with van der Waals surface area (Å²) in [5.74, 6) is 0.826. The van der Waals surface area contributed by atoms with Crippen LogP contribution in [-0.2, 0) is 15.9 Å². The molecule has 1 unspecified atom stereocenters. The maximum atomic E-state index is 5.68. The molecule has 2 N–H and O–H groups in total. The molecule has 0 radical (unpaired) electrons. The molecule has 0 aliphatic carbocycles. The van der Waals surface area contributed by atoms with Gasteiger partial charge in [0.25, 0.3) is 0 Å². The third-order valence-electron chi connectivity index (χ3n) is 4.72. The molecule has 0 spiro atoms. The Balaban J connectivity index is 0.00000300. The minimum absolute atomic E-state index is 0. The summed E-state index contributed by atoms with van der Waals surface area (Å²) in [6.07, 6.45) is 8.20. The molecule has 7 nitrogen and oxygen atoms in total. The Labute approximate surface area is 190 Å². The van der Waals surface area contributed by atoms with Gasteiger partial charge < -0.3 is 20.1 Å². The minimum Gasteiger partial charge on any atom is -0.379 e. The number of hydrogen-bond donors (Lipinski definition) is 2. The molecule has 0 amide bonds. The molecule has 1 aromatic carbocycles. The number of halogens is 1. The first-order valence-electron chi connectivity index (χ1n) is 10.1. The highest BCUT2D eigenvalue weighted by Crippen LogP contribution is 2.12. The monoisotopic (exact) mass is 513 g/mol. The van der Waals surface area contributed by atoms with Gasteiger partial charge in [0.1, 0.15) is 0 Å². The van der Waals surface area contributed by atoms with Gasteiger partial charge in [0.2, 0.25) is 0 Å². The molecule has 1 fully saturated rings. The van der Waals surface area contributed by atoms with Gasteiger partial charge in [-0.2, -0.15) is 5.10 Å². The minimum atomic E-state index is 0. The van der Waals surface area contributed by atoms with Crippen molar-refractivity contribution < 1.29 is 9.47 Å². The highest BCUT2D eigenvalue weighted by molar-refractivity contribution is 14.0. The molecule has 2 aromatic rings. The number of hydrogen-bond acceptors (Lipinski definition) is 4. The van der Waals surface area contributed by atoms with Crippen molar-refractivity contribution in [1.82, 2.24) is 20.4 Å². The van der Waals surface area contributed by atoms with Crippen LogP contribution in [0, 0.1) is 0 Å². The van der Waals surface area contributed by atoms with Gasteiger partial charge in [-0.15, -0.1) is 24.0 Å². The third kappa shape index (κ3) is 8.31. The molecule has 2 heterocycles. The Morgan fingerprint density at radius 2 is 2.10 bits per heavy atom. The van der Waals surface area contributed by atoms with Crippen LogP contribution in [0.2, 0.25) is 0 Å². The number of nitrogens with one attached hydrogen (secondary N) is 2. The summed E-state index contributed by atoms with van der Waals surface area (Å²) in [4.78, 5) is 4.27. The number of rotatable bonds is 10. The zero-order valence-corrected chi connectivity index (χ0v) is 19.4. The van der Waals surface area contributed by atoms with Crippen LogP contribution in [0.1, 0.15) is 24.8 Å². The second kappa shape index (κ2) is 13.6. The summed E-state index contributed by atoms with van der Waals surface area (Å²) in [7, 11) is 1.79. The van der Waals surface area contributed by atoms with Crippen molar-refractivity contribution in [2.75, 3.05) is 40.0 Å². The smallest absolute Gasteiger partial charge is 0.190 e. The molecular formula is C21H32IN5O2. The number of benzene rings is 1. The van der Waals surface area contributed by atoms with Crippen molar-refractivity contribution in [2.45, 2.75) is 31.8 Å². The van der Waals surface area contributed by atoms with Crippen LogP contribution in [0.3, 0.4) is 0 Å². The maximum Gasteiger partial charge on any atom is 0.190 e. The summed E-state index contributed by atoms with van der Waals surface area (Å²) < 4.78 is 13.1. The fraction of sp³-hybridized carbons (Fsp3) is 0.524. The number of ether oxygens (including phenoxy) is 2. The van der Waals surface area contributed by atoms with Crippen LogP contribution in [0.4, 0.5) is 0 Å². The summed E-state index contributed by atoms with van der Waals surface area (Å²) in [5.41, 5.74) is 2.35. The highest BCUT2D eigenvalue weighted by atomic mass is 127. The number of aliphatic imine (C=N–C) groups is 1. The van der Waals surface area contributed by atoms with E-state index in [0.29, 0.717) is 12.7 Å². The van der Waals surface area contributed by atoms with Crippen molar-refractivity contribution in [3.05, 3.63) is 48.3 Å². The van der Waals surface area contributed by atoms with Crippen LogP contribution in [0.15, 0.2) is 47.7 Å². The lowest BCUT2D eigenvalue weighted by molar-refractivity contribution is 0.0168. The van der Waals surface area contributed by atoms with Gasteiger partial charge in [-0.3, -0.25) is 4.99 Å². The van der Waals surface area contributed by atoms with Gasteiger partial charge in [0.05, 0.1) is 18.4 Å². The van der Waals surface area contributed by atoms with Gasteiger partial charge in [0, 0.05) is 45.7 Å². The Bertz CT molecular complexity index is 700. The van der Waals surface area contributed by atoms with Crippen molar-refractivity contribution in [3.8, 4) is 5.69 Å². The van der Waals surface area contributed by atoms with E-state index in [1.54, 1.807) is 13.2 Å². The summed E-state index contributed by atoms with van der Waals surface area (Å²) in [6, 6.07) is 10.4. The molecule has 0 bridgehead atoms. The van der Waals surface area contributed by atoms with Gasteiger partial charge in [-0.1, -0.05) is 12.1 Å². The van der Waals surface area contributed by atoms with Gasteiger partial charge in [-0.05, 0) is 49.4 Å². The van der Waals surface area contributed by atoms with Crippen LogP contribution >= 0.6 is 24.0 Å². The Morgan fingerprint density at radius 1 is 1.28 bits per heavy atom. The fourth-order valence-corrected chi connectivity index (χ4v) is 3.15. The van der Waals surface area contributed by atoms with E-state index in [9.17, 15) is 0 Å². The molecule has 1 atom stereocenters.